The van der Waals surface area contributed by atoms with Crippen molar-refractivity contribution in [3.8, 4) is 0 Å². The molecule has 0 saturated heterocycles. The number of esters is 3. The molecule has 372 valence electrons. The average molecular weight is 905 g/mol. The normalized spacial score (nSPS) is 12.7. The van der Waals surface area contributed by atoms with Gasteiger partial charge in [0.15, 0.2) is 6.10 Å². The Bertz CT molecular complexity index is 1270. The summed E-state index contributed by atoms with van der Waals surface area (Å²) in [5.74, 6) is -0.962. The van der Waals surface area contributed by atoms with Gasteiger partial charge in [-0.1, -0.05) is 228 Å². The Morgan fingerprint density at radius 3 is 1.03 bits per heavy atom. The average Bonchev–Trinajstić information content (AvgIpc) is 3.30. The van der Waals surface area contributed by atoms with Crippen LogP contribution in [-0.2, 0) is 28.6 Å². The van der Waals surface area contributed by atoms with Crippen molar-refractivity contribution in [3.63, 3.8) is 0 Å². The zero-order valence-corrected chi connectivity index (χ0v) is 42.5. The Kier molecular flexibility index (Phi) is 50.4. The smallest absolute Gasteiger partial charge is 0.306 e. The Labute approximate surface area is 401 Å². The van der Waals surface area contributed by atoms with E-state index < -0.39 is 6.10 Å². The van der Waals surface area contributed by atoms with Gasteiger partial charge in [0.05, 0.1) is 0 Å². The molecule has 65 heavy (non-hydrogen) atoms. The van der Waals surface area contributed by atoms with Crippen LogP contribution in [0, 0.1) is 0 Å². The van der Waals surface area contributed by atoms with E-state index in [-0.39, 0.29) is 37.5 Å². The topological polar surface area (TPSA) is 78.9 Å². The summed E-state index contributed by atoms with van der Waals surface area (Å²) in [6, 6.07) is 0. The molecule has 0 aromatic carbocycles. The Balaban J connectivity index is 4.48. The lowest BCUT2D eigenvalue weighted by molar-refractivity contribution is -0.167. The first-order valence-corrected chi connectivity index (χ1v) is 27.1. The first-order chi connectivity index (χ1) is 32.0. The first kappa shape index (κ1) is 61.6. The van der Waals surface area contributed by atoms with Gasteiger partial charge >= 0.3 is 17.9 Å². The standard InChI is InChI=1S/C59H100O6/c1-4-7-10-13-16-19-22-25-27-29-31-34-37-40-43-46-49-52-58(61)64-55-56(54-63-57(60)51-48-45-42-39-36-33-24-21-18-15-12-9-6-3)65-59(62)53-50-47-44-41-38-35-32-30-28-26-23-20-17-14-11-8-5-2/h7,10,16-17,19-20,25-28,31,34,40,43,56H,4-6,8-9,11-15,18,21-24,29-30,32-33,35-39,41-42,44-55H2,1-3H3/b10-7-,19-16-,20-17-,27-25-,28-26-,34-31-,43-40-. The van der Waals surface area contributed by atoms with Gasteiger partial charge in [0, 0.05) is 19.3 Å². The Morgan fingerprint density at radius 1 is 0.323 bits per heavy atom. The zero-order chi connectivity index (χ0) is 47.2. The van der Waals surface area contributed by atoms with E-state index in [1.54, 1.807) is 0 Å². The molecule has 1 atom stereocenters. The van der Waals surface area contributed by atoms with Crippen LogP contribution < -0.4 is 0 Å². The van der Waals surface area contributed by atoms with E-state index >= 15 is 0 Å². The molecule has 0 aliphatic rings. The lowest BCUT2D eigenvalue weighted by Crippen LogP contribution is -2.30. The van der Waals surface area contributed by atoms with Crippen LogP contribution in [0.5, 0.6) is 0 Å². The van der Waals surface area contributed by atoms with Crippen molar-refractivity contribution in [2.45, 2.75) is 258 Å². The van der Waals surface area contributed by atoms with Gasteiger partial charge in [0.2, 0.25) is 0 Å². The molecule has 0 radical (unpaired) electrons. The number of allylic oxidation sites excluding steroid dienone is 14. The van der Waals surface area contributed by atoms with Crippen molar-refractivity contribution in [2.24, 2.45) is 0 Å². The van der Waals surface area contributed by atoms with Crippen molar-refractivity contribution in [1.82, 2.24) is 0 Å². The third-order valence-electron chi connectivity index (χ3n) is 11.4. The quantitative estimate of drug-likeness (QED) is 0.0262. The van der Waals surface area contributed by atoms with Gasteiger partial charge in [0.25, 0.3) is 0 Å². The van der Waals surface area contributed by atoms with Gasteiger partial charge in [-0.2, -0.15) is 0 Å². The summed E-state index contributed by atoms with van der Waals surface area (Å²) < 4.78 is 16.8. The highest BCUT2D eigenvalue weighted by molar-refractivity contribution is 5.71. The lowest BCUT2D eigenvalue weighted by atomic mass is 10.0. The fourth-order valence-electron chi connectivity index (χ4n) is 7.33. The molecule has 6 nitrogen and oxygen atoms in total. The number of ether oxygens (including phenoxy) is 3. The number of hydrogen-bond acceptors (Lipinski definition) is 6. The number of rotatable bonds is 48. The summed E-state index contributed by atoms with van der Waals surface area (Å²) in [5, 5.41) is 0. The molecule has 0 saturated carbocycles. The van der Waals surface area contributed by atoms with E-state index in [2.05, 4.69) is 106 Å². The van der Waals surface area contributed by atoms with Crippen molar-refractivity contribution < 1.29 is 28.6 Å². The molecule has 1 unspecified atom stereocenters. The molecular formula is C59H100O6. The van der Waals surface area contributed by atoms with Crippen LogP contribution in [0.25, 0.3) is 0 Å². The predicted molar refractivity (Wildman–Crippen MR) is 279 cm³/mol. The maximum atomic E-state index is 12.8. The van der Waals surface area contributed by atoms with E-state index in [0.717, 1.165) is 89.9 Å². The SMILES string of the molecule is CC/C=C\C/C=C\C/C=C\C/C=C\C/C=C\CCCC(=O)OCC(COC(=O)CCCCCCCCCCCCCCC)OC(=O)CCCCCCCCC/C=C\C/C=C\CCCCC. The van der Waals surface area contributed by atoms with Crippen LogP contribution in [-0.4, -0.2) is 37.2 Å². The second kappa shape index (κ2) is 53.2. The highest BCUT2D eigenvalue weighted by Gasteiger charge is 2.19. The van der Waals surface area contributed by atoms with E-state index in [4.69, 9.17) is 14.2 Å². The summed E-state index contributed by atoms with van der Waals surface area (Å²) in [6.45, 7) is 6.45. The van der Waals surface area contributed by atoms with Gasteiger partial charge in [-0.15, -0.1) is 0 Å². The summed E-state index contributed by atoms with van der Waals surface area (Å²) >= 11 is 0. The number of carbonyl (C=O) groups excluding carboxylic acids is 3. The molecule has 0 bridgehead atoms. The van der Waals surface area contributed by atoms with Gasteiger partial charge in [-0.3, -0.25) is 14.4 Å². The fraction of sp³-hybridized carbons (Fsp3) is 0.712. The minimum absolute atomic E-state index is 0.0960. The minimum atomic E-state index is -0.802. The number of carbonyl (C=O) groups is 3. The van der Waals surface area contributed by atoms with Crippen molar-refractivity contribution >= 4 is 17.9 Å². The van der Waals surface area contributed by atoms with Crippen molar-refractivity contribution in [1.29, 1.82) is 0 Å². The third kappa shape index (κ3) is 51.4. The number of unbranched alkanes of at least 4 members (excludes halogenated alkanes) is 23. The molecule has 0 aliphatic carbocycles. The molecule has 0 fully saturated rings. The van der Waals surface area contributed by atoms with Crippen LogP contribution in [0.3, 0.4) is 0 Å². The molecular weight excluding hydrogens is 805 g/mol. The molecule has 6 heteroatoms. The first-order valence-electron chi connectivity index (χ1n) is 27.1. The van der Waals surface area contributed by atoms with Crippen LogP contribution in [0.1, 0.15) is 252 Å². The molecule has 0 aromatic heterocycles. The van der Waals surface area contributed by atoms with E-state index in [0.29, 0.717) is 19.3 Å². The Hall–Kier alpha value is -3.41. The minimum Gasteiger partial charge on any atom is -0.462 e. The fourth-order valence-corrected chi connectivity index (χ4v) is 7.33. The molecule has 0 N–H and O–H groups in total. The highest BCUT2D eigenvalue weighted by Crippen LogP contribution is 2.15. The third-order valence-corrected chi connectivity index (χ3v) is 11.4. The highest BCUT2D eigenvalue weighted by atomic mass is 16.6. The largest absolute Gasteiger partial charge is 0.462 e. The summed E-state index contributed by atoms with van der Waals surface area (Å²) in [7, 11) is 0. The molecule has 0 aliphatic heterocycles. The van der Waals surface area contributed by atoms with Gasteiger partial charge in [-0.05, 0) is 89.9 Å². The molecule has 0 aromatic rings. The van der Waals surface area contributed by atoms with Crippen LogP contribution >= 0.6 is 0 Å². The van der Waals surface area contributed by atoms with Gasteiger partial charge < -0.3 is 14.2 Å². The maximum absolute atomic E-state index is 12.8. The van der Waals surface area contributed by atoms with Crippen LogP contribution in [0.4, 0.5) is 0 Å². The molecule has 0 spiro atoms. The monoisotopic (exact) mass is 905 g/mol. The summed E-state index contributed by atoms with van der Waals surface area (Å²) in [6.07, 6.45) is 68.5. The van der Waals surface area contributed by atoms with E-state index in [9.17, 15) is 14.4 Å². The van der Waals surface area contributed by atoms with Crippen molar-refractivity contribution in [2.75, 3.05) is 13.2 Å². The van der Waals surface area contributed by atoms with Gasteiger partial charge in [0.1, 0.15) is 13.2 Å². The molecule has 0 amide bonds. The second-order valence-electron chi connectivity index (χ2n) is 17.8. The van der Waals surface area contributed by atoms with Crippen molar-refractivity contribution in [3.05, 3.63) is 85.1 Å². The summed E-state index contributed by atoms with van der Waals surface area (Å²) in [4.78, 5) is 38.0. The van der Waals surface area contributed by atoms with Crippen LogP contribution in [0.2, 0.25) is 0 Å². The molecule has 0 rings (SSSR count). The predicted octanol–water partition coefficient (Wildman–Crippen LogP) is 18.0. The van der Waals surface area contributed by atoms with E-state index in [1.165, 1.54) is 116 Å². The summed E-state index contributed by atoms with van der Waals surface area (Å²) in [5.41, 5.74) is 0. The molecule has 0 heterocycles. The lowest BCUT2D eigenvalue weighted by Gasteiger charge is -2.18. The van der Waals surface area contributed by atoms with Gasteiger partial charge in [-0.25, -0.2) is 0 Å². The number of hydrogen-bond donors (Lipinski definition) is 0. The maximum Gasteiger partial charge on any atom is 0.306 e. The van der Waals surface area contributed by atoms with E-state index in [1.807, 2.05) is 0 Å². The Morgan fingerprint density at radius 2 is 0.615 bits per heavy atom. The second-order valence-corrected chi connectivity index (χ2v) is 17.8. The van der Waals surface area contributed by atoms with Crippen LogP contribution in [0.15, 0.2) is 85.1 Å². The zero-order valence-electron chi connectivity index (χ0n) is 42.5.